The number of aryl methyl sites for hydroxylation is 1. The van der Waals surface area contributed by atoms with Gasteiger partial charge in [-0.05, 0) is 57.8 Å². The zero-order valence-electron chi connectivity index (χ0n) is 13.9. The molecule has 1 aliphatic heterocycles. The topological polar surface area (TPSA) is 70.5 Å². The molecule has 22 heavy (non-hydrogen) atoms. The molecule has 1 aromatic carbocycles. The van der Waals surface area contributed by atoms with Crippen LogP contribution in [0.1, 0.15) is 38.8 Å². The van der Waals surface area contributed by atoms with E-state index in [1.165, 1.54) is 6.07 Å². The van der Waals surface area contributed by atoms with Crippen LogP contribution in [0.2, 0.25) is 0 Å². The Morgan fingerprint density at radius 2 is 1.77 bits per heavy atom. The minimum absolute atomic E-state index is 0.212. The van der Waals surface area contributed by atoms with E-state index in [0.717, 1.165) is 0 Å². The Hall–Kier alpha value is -1.37. The van der Waals surface area contributed by atoms with Crippen LogP contribution in [0.5, 0.6) is 0 Å². The average molecular weight is 306 g/mol. The highest BCUT2D eigenvalue weighted by molar-refractivity contribution is 6.55. The maximum Gasteiger partial charge on any atom is 0.491 e. The molecule has 0 unspecified atom stereocenters. The second-order valence-electron chi connectivity index (χ2n) is 6.74. The van der Waals surface area contributed by atoms with Gasteiger partial charge in [0.25, 0.3) is 0 Å². The zero-order chi connectivity index (χ0) is 16.7. The molecule has 1 aliphatic rings. The van der Waals surface area contributed by atoms with Gasteiger partial charge >= 0.3 is 7.12 Å². The van der Waals surface area contributed by atoms with E-state index in [0.29, 0.717) is 22.3 Å². The molecule has 1 saturated heterocycles. The zero-order valence-corrected chi connectivity index (χ0v) is 13.9. The monoisotopic (exact) mass is 306 g/mol. The predicted octanol–water partition coefficient (Wildman–Crippen LogP) is 2.69. The first-order valence-corrected chi connectivity index (χ1v) is 7.39. The first-order valence-electron chi connectivity index (χ1n) is 7.39. The van der Waals surface area contributed by atoms with Crippen molar-refractivity contribution in [3.63, 3.8) is 0 Å². The summed E-state index contributed by atoms with van der Waals surface area (Å²) in [7, 11) is -0.586. The molecule has 4 nitrogen and oxygen atoms in total. The van der Waals surface area contributed by atoms with Gasteiger partial charge < -0.3 is 20.8 Å². The Morgan fingerprint density at radius 3 is 2.27 bits per heavy atom. The van der Waals surface area contributed by atoms with Crippen LogP contribution < -0.4 is 11.5 Å². The van der Waals surface area contributed by atoms with Crippen LogP contribution >= 0.6 is 0 Å². The maximum absolute atomic E-state index is 14.1. The maximum atomic E-state index is 14.1. The van der Waals surface area contributed by atoms with Crippen LogP contribution in [0.15, 0.2) is 17.6 Å². The fraction of sp³-hybridized carbons (Fsp3) is 0.500. The van der Waals surface area contributed by atoms with Crippen LogP contribution in [0, 0.1) is 12.7 Å². The van der Waals surface area contributed by atoms with Gasteiger partial charge in [-0.15, -0.1) is 0 Å². The van der Waals surface area contributed by atoms with Gasteiger partial charge in [-0.3, -0.25) is 0 Å². The van der Waals surface area contributed by atoms with Crippen molar-refractivity contribution in [2.75, 3.05) is 12.3 Å². The van der Waals surface area contributed by atoms with E-state index in [1.807, 2.05) is 27.7 Å². The minimum atomic E-state index is -0.586. The van der Waals surface area contributed by atoms with Crippen molar-refractivity contribution in [1.29, 1.82) is 0 Å². The molecule has 0 amide bonds. The Labute approximate surface area is 131 Å². The highest BCUT2D eigenvalue weighted by Gasteiger charge is 2.52. The summed E-state index contributed by atoms with van der Waals surface area (Å²) in [5, 5.41) is 0. The molecule has 6 heteroatoms. The third kappa shape index (κ3) is 3.04. The molecule has 0 atom stereocenters. The molecule has 4 N–H and O–H groups in total. The lowest BCUT2D eigenvalue weighted by Gasteiger charge is -2.32. The molecule has 0 aliphatic carbocycles. The van der Waals surface area contributed by atoms with Crippen molar-refractivity contribution in [1.82, 2.24) is 0 Å². The smallest absolute Gasteiger partial charge is 0.400 e. The second-order valence-corrected chi connectivity index (χ2v) is 6.74. The number of hydrogen-bond acceptors (Lipinski definition) is 4. The summed E-state index contributed by atoms with van der Waals surface area (Å²) < 4.78 is 26.0. The number of nitrogens with two attached hydrogens (primary N) is 2. The standard InChI is InChI=1S/C16H24BFN2O2/c1-10-6-13(18)11(8-14(10)20)7-12(9-19)17-21-15(2,3)16(4,5)22-17/h6-8H,9,19-20H2,1-5H3. The summed E-state index contributed by atoms with van der Waals surface area (Å²) in [6.45, 7) is 9.84. The van der Waals surface area contributed by atoms with E-state index >= 15 is 0 Å². The summed E-state index contributed by atoms with van der Waals surface area (Å²) in [6.07, 6.45) is 1.66. The fourth-order valence-electron chi connectivity index (χ4n) is 2.24. The number of halogens is 1. The first kappa shape index (κ1) is 17.0. The summed E-state index contributed by atoms with van der Waals surface area (Å²) >= 11 is 0. The molecular weight excluding hydrogens is 282 g/mol. The van der Waals surface area contributed by atoms with Crippen LogP contribution in [-0.2, 0) is 9.31 Å². The van der Waals surface area contributed by atoms with E-state index in [2.05, 4.69) is 0 Å². The highest BCUT2D eigenvalue weighted by atomic mass is 19.1. The lowest BCUT2D eigenvalue weighted by Crippen LogP contribution is -2.41. The third-order valence-electron chi connectivity index (χ3n) is 4.52. The van der Waals surface area contributed by atoms with Gasteiger partial charge in [-0.2, -0.15) is 0 Å². The number of anilines is 1. The summed E-state index contributed by atoms with van der Waals surface area (Å²) in [5.74, 6) is -0.339. The Morgan fingerprint density at radius 1 is 1.23 bits per heavy atom. The minimum Gasteiger partial charge on any atom is -0.400 e. The lowest BCUT2D eigenvalue weighted by atomic mass is 9.77. The summed E-state index contributed by atoms with van der Waals surface area (Å²) in [6, 6.07) is 3.02. The number of hydrogen-bond donors (Lipinski definition) is 2. The Bertz CT molecular complexity index is 598. The van der Waals surface area contributed by atoms with Crippen molar-refractivity contribution in [3.05, 3.63) is 34.5 Å². The van der Waals surface area contributed by atoms with Crippen molar-refractivity contribution in [3.8, 4) is 0 Å². The summed E-state index contributed by atoms with van der Waals surface area (Å²) in [5.41, 5.74) is 13.1. The molecule has 0 saturated carbocycles. The SMILES string of the molecule is Cc1cc(F)c(C=C(CN)B2OC(C)(C)C(C)(C)O2)cc1N. The average Bonchev–Trinajstić information content (AvgIpc) is 2.61. The van der Waals surface area contributed by atoms with E-state index in [9.17, 15) is 4.39 Å². The van der Waals surface area contributed by atoms with Crippen molar-refractivity contribution < 1.29 is 13.7 Å². The molecule has 2 rings (SSSR count). The molecule has 1 heterocycles. The van der Waals surface area contributed by atoms with Crippen molar-refractivity contribution in [2.45, 2.75) is 45.8 Å². The number of rotatable bonds is 3. The molecule has 0 aromatic heterocycles. The molecule has 0 bridgehead atoms. The fourth-order valence-corrected chi connectivity index (χ4v) is 2.24. The van der Waals surface area contributed by atoms with Gasteiger partial charge in [-0.1, -0.05) is 6.08 Å². The molecule has 120 valence electrons. The second kappa shape index (κ2) is 5.68. The summed E-state index contributed by atoms with van der Waals surface area (Å²) in [4.78, 5) is 0. The largest absolute Gasteiger partial charge is 0.491 e. The highest BCUT2D eigenvalue weighted by Crippen LogP contribution is 2.38. The van der Waals surface area contributed by atoms with E-state index < -0.39 is 18.3 Å². The van der Waals surface area contributed by atoms with Gasteiger partial charge in [0.15, 0.2) is 0 Å². The quantitative estimate of drug-likeness (QED) is 0.665. The predicted molar refractivity (Wildman–Crippen MR) is 88.7 cm³/mol. The van der Waals surface area contributed by atoms with Gasteiger partial charge in [0.05, 0.1) is 11.2 Å². The van der Waals surface area contributed by atoms with Crippen LogP contribution in [-0.4, -0.2) is 24.9 Å². The number of benzene rings is 1. The van der Waals surface area contributed by atoms with Gasteiger partial charge in [0.2, 0.25) is 0 Å². The Balaban J connectivity index is 2.36. The third-order valence-corrected chi connectivity index (χ3v) is 4.52. The number of nitrogen functional groups attached to an aromatic ring is 1. The normalized spacial score (nSPS) is 20.5. The van der Waals surface area contributed by atoms with Crippen LogP contribution in [0.25, 0.3) is 6.08 Å². The van der Waals surface area contributed by atoms with E-state index in [4.69, 9.17) is 20.8 Å². The molecule has 0 spiro atoms. The Kier molecular flexibility index (Phi) is 4.39. The molecule has 0 radical (unpaired) electrons. The van der Waals surface area contributed by atoms with Crippen LogP contribution in [0.3, 0.4) is 0 Å². The first-order chi connectivity index (χ1) is 10.1. The van der Waals surface area contributed by atoms with E-state index in [-0.39, 0.29) is 12.4 Å². The van der Waals surface area contributed by atoms with Gasteiger partial charge in [0.1, 0.15) is 5.82 Å². The van der Waals surface area contributed by atoms with Gasteiger partial charge in [0, 0.05) is 17.8 Å². The van der Waals surface area contributed by atoms with Crippen molar-refractivity contribution in [2.24, 2.45) is 5.73 Å². The van der Waals surface area contributed by atoms with Crippen molar-refractivity contribution >= 4 is 18.9 Å². The molecule has 1 aromatic rings. The molecule has 1 fully saturated rings. The van der Waals surface area contributed by atoms with Gasteiger partial charge in [-0.25, -0.2) is 4.39 Å². The van der Waals surface area contributed by atoms with Crippen LogP contribution in [0.4, 0.5) is 10.1 Å². The lowest BCUT2D eigenvalue weighted by molar-refractivity contribution is 0.00578. The van der Waals surface area contributed by atoms with E-state index in [1.54, 1.807) is 19.1 Å². The molecular formula is C16H24BFN2O2.